The largest absolute Gasteiger partial charge is 0.444 e. The lowest BCUT2D eigenvalue weighted by atomic mass is 10.1. The van der Waals surface area contributed by atoms with Gasteiger partial charge < -0.3 is 15.0 Å². The fourth-order valence-electron chi connectivity index (χ4n) is 2.16. The van der Waals surface area contributed by atoms with Crippen LogP contribution in [-0.2, 0) is 4.74 Å². The molecular formula is C14H28N2O2. The van der Waals surface area contributed by atoms with Crippen molar-refractivity contribution in [3.63, 3.8) is 0 Å². The molecule has 0 aromatic rings. The predicted molar refractivity (Wildman–Crippen MR) is 73.7 cm³/mol. The Balaban J connectivity index is 2.39. The fourth-order valence-corrected chi connectivity index (χ4v) is 2.16. The minimum absolute atomic E-state index is 0.168. The van der Waals surface area contributed by atoms with Gasteiger partial charge >= 0.3 is 6.09 Å². The summed E-state index contributed by atoms with van der Waals surface area (Å²) in [5.41, 5.74) is -0.400. The van der Waals surface area contributed by atoms with Crippen molar-refractivity contribution in [2.75, 3.05) is 19.6 Å². The van der Waals surface area contributed by atoms with Crippen molar-refractivity contribution < 1.29 is 9.53 Å². The quantitative estimate of drug-likeness (QED) is 0.844. The number of hydrogen-bond donors (Lipinski definition) is 1. The summed E-state index contributed by atoms with van der Waals surface area (Å²) in [4.78, 5) is 13.8. The number of nitrogens with one attached hydrogen (secondary N) is 1. The number of rotatable bonds is 3. The van der Waals surface area contributed by atoms with Crippen molar-refractivity contribution in [1.29, 1.82) is 0 Å². The van der Waals surface area contributed by atoms with Gasteiger partial charge in [-0.3, -0.25) is 0 Å². The zero-order valence-corrected chi connectivity index (χ0v) is 12.3. The molecular weight excluding hydrogens is 228 g/mol. The van der Waals surface area contributed by atoms with E-state index in [4.69, 9.17) is 4.74 Å². The van der Waals surface area contributed by atoms with E-state index in [9.17, 15) is 4.79 Å². The summed E-state index contributed by atoms with van der Waals surface area (Å²) in [6, 6.07) is 0.553. The third-order valence-corrected chi connectivity index (χ3v) is 3.06. The second-order valence-electron chi connectivity index (χ2n) is 6.05. The zero-order chi connectivity index (χ0) is 13.6. The minimum Gasteiger partial charge on any atom is -0.444 e. The number of likely N-dealkylation sites (tertiary alicyclic amines) is 1. The van der Waals surface area contributed by atoms with E-state index in [1.54, 1.807) is 0 Å². The van der Waals surface area contributed by atoms with Gasteiger partial charge in [-0.25, -0.2) is 4.79 Å². The molecule has 1 fully saturated rings. The van der Waals surface area contributed by atoms with Crippen LogP contribution in [0.1, 0.15) is 53.4 Å². The maximum absolute atomic E-state index is 12.0. The van der Waals surface area contributed by atoms with Crippen LogP contribution in [-0.4, -0.2) is 42.3 Å². The number of carbonyl (C=O) groups is 1. The molecule has 1 unspecified atom stereocenters. The van der Waals surface area contributed by atoms with E-state index in [0.717, 1.165) is 45.3 Å². The van der Waals surface area contributed by atoms with Crippen LogP contribution in [0.4, 0.5) is 4.79 Å². The van der Waals surface area contributed by atoms with Gasteiger partial charge in [-0.1, -0.05) is 6.92 Å². The second-order valence-corrected chi connectivity index (χ2v) is 6.05. The average Bonchev–Trinajstić information content (AvgIpc) is 2.49. The topological polar surface area (TPSA) is 41.6 Å². The standard InChI is InChI=1S/C14H28N2O2/c1-5-9-15-12-7-6-10-16(11-8-12)13(17)18-14(2,3)4/h12,15H,5-11H2,1-4H3. The predicted octanol–water partition coefficient (Wildman–Crippen LogP) is 2.78. The van der Waals surface area contributed by atoms with Gasteiger partial charge in [-0.05, 0) is 53.0 Å². The molecule has 1 rings (SSSR count). The molecule has 0 aromatic heterocycles. The van der Waals surface area contributed by atoms with Crippen molar-refractivity contribution in [3.05, 3.63) is 0 Å². The lowest BCUT2D eigenvalue weighted by Crippen LogP contribution is -2.38. The van der Waals surface area contributed by atoms with Crippen LogP contribution < -0.4 is 5.32 Å². The fraction of sp³-hybridized carbons (Fsp3) is 0.929. The molecule has 0 spiro atoms. The summed E-state index contributed by atoms with van der Waals surface area (Å²) in [6.07, 6.45) is 4.23. The van der Waals surface area contributed by atoms with Gasteiger partial charge in [0.15, 0.2) is 0 Å². The third-order valence-electron chi connectivity index (χ3n) is 3.06. The maximum Gasteiger partial charge on any atom is 0.410 e. The smallest absolute Gasteiger partial charge is 0.410 e. The molecule has 1 atom stereocenters. The van der Waals surface area contributed by atoms with E-state index in [1.165, 1.54) is 0 Å². The molecule has 4 heteroatoms. The third kappa shape index (κ3) is 5.71. The number of amides is 1. The van der Waals surface area contributed by atoms with E-state index in [0.29, 0.717) is 6.04 Å². The summed E-state index contributed by atoms with van der Waals surface area (Å²) in [5, 5.41) is 3.54. The first-order valence-electron chi connectivity index (χ1n) is 7.13. The Labute approximate surface area is 111 Å². The summed E-state index contributed by atoms with van der Waals surface area (Å²) in [5.74, 6) is 0. The summed E-state index contributed by atoms with van der Waals surface area (Å²) < 4.78 is 5.42. The number of nitrogens with zero attached hydrogens (tertiary/aromatic N) is 1. The molecule has 1 heterocycles. The minimum atomic E-state index is -0.400. The van der Waals surface area contributed by atoms with Crippen molar-refractivity contribution in [3.8, 4) is 0 Å². The summed E-state index contributed by atoms with van der Waals surface area (Å²) in [7, 11) is 0. The van der Waals surface area contributed by atoms with Gasteiger partial charge in [0.05, 0.1) is 0 Å². The first-order chi connectivity index (χ1) is 8.42. The molecule has 106 valence electrons. The lowest BCUT2D eigenvalue weighted by molar-refractivity contribution is 0.0256. The molecule has 4 nitrogen and oxygen atoms in total. The van der Waals surface area contributed by atoms with Crippen molar-refractivity contribution in [2.45, 2.75) is 65.0 Å². The van der Waals surface area contributed by atoms with Gasteiger partial charge in [0.1, 0.15) is 5.60 Å². The van der Waals surface area contributed by atoms with Gasteiger partial charge in [-0.15, -0.1) is 0 Å². The average molecular weight is 256 g/mol. The Kier molecular flexibility index (Phi) is 5.93. The van der Waals surface area contributed by atoms with Crippen LogP contribution in [0.15, 0.2) is 0 Å². The Bertz CT molecular complexity index is 261. The van der Waals surface area contributed by atoms with E-state index < -0.39 is 5.60 Å². The molecule has 18 heavy (non-hydrogen) atoms. The van der Waals surface area contributed by atoms with Crippen LogP contribution >= 0.6 is 0 Å². The van der Waals surface area contributed by atoms with E-state index >= 15 is 0 Å². The first kappa shape index (κ1) is 15.3. The second kappa shape index (κ2) is 6.98. The van der Waals surface area contributed by atoms with Gasteiger partial charge in [0, 0.05) is 19.1 Å². The van der Waals surface area contributed by atoms with Gasteiger partial charge in [0.2, 0.25) is 0 Å². The van der Waals surface area contributed by atoms with Crippen molar-refractivity contribution in [2.24, 2.45) is 0 Å². The number of carbonyl (C=O) groups excluding carboxylic acids is 1. The van der Waals surface area contributed by atoms with E-state index in [-0.39, 0.29) is 6.09 Å². The maximum atomic E-state index is 12.0. The molecule has 1 aliphatic heterocycles. The Morgan fingerprint density at radius 1 is 1.33 bits per heavy atom. The van der Waals surface area contributed by atoms with Crippen molar-refractivity contribution >= 4 is 6.09 Å². The van der Waals surface area contributed by atoms with E-state index in [2.05, 4.69) is 12.2 Å². The molecule has 0 aromatic carbocycles. The van der Waals surface area contributed by atoms with Gasteiger partial charge in [-0.2, -0.15) is 0 Å². The highest BCUT2D eigenvalue weighted by Crippen LogP contribution is 2.15. The molecule has 0 aliphatic carbocycles. The van der Waals surface area contributed by atoms with Crippen LogP contribution in [0.2, 0.25) is 0 Å². The number of hydrogen-bond acceptors (Lipinski definition) is 3. The van der Waals surface area contributed by atoms with Crippen LogP contribution in [0.5, 0.6) is 0 Å². The molecule has 1 aliphatic rings. The Morgan fingerprint density at radius 2 is 2.06 bits per heavy atom. The highest BCUT2D eigenvalue weighted by atomic mass is 16.6. The monoisotopic (exact) mass is 256 g/mol. The summed E-state index contributed by atoms with van der Waals surface area (Å²) >= 11 is 0. The van der Waals surface area contributed by atoms with Crippen molar-refractivity contribution in [1.82, 2.24) is 10.2 Å². The molecule has 0 bridgehead atoms. The van der Waals surface area contributed by atoms with Crippen LogP contribution in [0.25, 0.3) is 0 Å². The zero-order valence-electron chi connectivity index (χ0n) is 12.3. The Morgan fingerprint density at radius 3 is 2.67 bits per heavy atom. The summed E-state index contributed by atoms with van der Waals surface area (Å²) in [6.45, 7) is 10.6. The first-order valence-corrected chi connectivity index (χ1v) is 7.13. The highest BCUT2D eigenvalue weighted by molar-refractivity contribution is 5.68. The van der Waals surface area contributed by atoms with E-state index in [1.807, 2.05) is 25.7 Å². The number of ether oxygens (including phenoxy) is 1. The molecule has 1 saturated heterocycles. The van der Waals surface area contributed by atoms with Crippen LogP contribution in [0.3, 0.4) is 0 Å². The van der Waals surface area contributed by atoms with Crippen LogP contribution in [0, 0.1) is 0 Å². The lowest BCUT2D eigenvalue weighted by Gasteiger charge is -2.26. The highest BCUT2D eigenvalue weighted by Gasteiger charge is 2.24. The SMILES string of the molecule is CCCNC1CCCN(C(=O)OC(C)(C)C)CC1. The Hall–Kier alpha value is -0.770. The van der Waals surface area contributed by atoms with Gasteiger partial charge in [0.25, 0.3) is 0 Å². The molecule has 0 saturated carbocycles. The molecule has 1 amide bonds. The molecule has 0 radical (unpaired) electrons. The molecule has 1 N–H and O–H groups in total. The normalized spacial score (nSPS) is 21.6.